The molecule has 0 saturated carbocycles. The summed E-state index contributed by atoms with van der Waals surface area (Å²) in [4.78, 5) is 17.5. The van der Waals surface area contributed by atoms with E-state index < -0.39 is 17.5 Å². The SMILES string of the molecule is Cc1ncncc1C(=O)C(F)(F)F. The molecule has 13 heavy (non-hydrogen) atoms. The third kappa shape index (κ3) is 2.01. The second-order valence-corrected chi connectivity index (χ2v) is 2.35. The van der Waals surface area contributed by atoms with Crippen molar-refractivity contribution in [2.45, 2.75) is 13.1 Å². The smallest absolute Gasteiger partial charge is 0.284 e. The predicted octanol–water partition coefficient (Wildman–Crippen LogP) is 1.53. The van der Waals surface area contributed by atoms with Gasteiger partial charge in [0.05, 0.1) is 11.3 Å². The largest absolute Gasteiger partial charge is 0.454 e. The van der Waals surface area contributed by atoms with Crippen LogP contribution in [0.4, 0.5) is 13.2 Å². The average Bonchev–Trinajstić information content (AvgIpc) is 2.02. The van der Waals surface area contributed by atoms with Gasteiger partial charge in [-0.2, -0.15) is 13.2 Å². The molecular weight excluding hydrogens is 185 g/mol. The number of carbonyl (C=O) groups excluding carboxylic acids is 1. The summed E-state index contributed by atoms with van der Waals surface area (Å²) in [5.74, 6) is -1.91. The van der Waals surface area contributed by atoms with E-state index in [1.807, 2.05) is 0 Å². The number of nitrogens with zero attached hydrogens (tertiary/aromatic N) is 2. The second kappa shape index (κ2) is 3.12. The molecule has 0 aliphatic carbocycles. The highest BCUT2D eigenvalue weighted by Crippen LogP contribution is 2.21. The van der Waals surface area contributed by atoms with Crippen LogP contribution in [0.1, 0.15) is 16.1 Å². The number of halogens is 3. The van der Waals surface area contributed by atoms with Crippen molar-refractivity contribution in [3.8, 4) is 0 Å². The Bertz CT molecular complexity index is 335. The maximum atomic E-state index is 11.9. The Kier molecular flexibility index (Phi) is 2.31. The molecule has 0 spiro atoms. The molecule has 0 aliphatic rings. The molecule has 0 N–H and O–H groups in total. The predicted molar refractivity (Wildman–Crippen MR) is 37.2 cm³/mol. The molecule has 1 aromatic heterocycles. The second-order valence-electron chi connectivity index (χ2n) is 2.35. The van der Waals surface area contributed by atoms with E-state index in [1.165, 1.54) is 6.92 Å². The van der Waals surface area contributed by atoms with E-state index in [2.05, 4.69) is 9.97 Å². The Labute approximate surface area is 71.6 Å². The highest BCUT2D eigenvalue weighted by molar-refractivity contribution is 6.00. The molecule has 1 heterocycles. The third-order valence-corrected chi connectivity index (χ3v) is 1.41. The Morgan fingerprint density at radius 3 is 2.54 bits per heavy atom. The lowest BCUT2D eigenvalue weighted by Gasteiger charge is -2.05. The first-order valence-corrected chi connectivity index (χ1v) is 3.31. The summed E-state index contributed by atoms with van der Waals surface area (Å²) in [6, 6.07) is 0. The summed E-state index contributed by atoms with van der Waals surface area (Å²) in [6.07, 6.45) is -2.92. The summed E-state index contributed by atoms with van der Waals surface area (Å²) in [7, 11) is 0. The minimum absolute atomic E-state index is 0.0253. The maximum absolute atomic E-state index is 11.9. The molecule has 0 aromatic carbocycles. The lowest BCUT2D eigenvalue weighted by atomic mass is 10.1. The summed E-state index contributed by atoms with van der Waals surface area (Å²) in [5.41, 5.74) is -0.479. The van der Waals surface area contributed by atoms with Gasteiger partial charge in [-0.15, -0.1) is 0 Å². The van der Waals surface area contributed by atoms with Gasteiger partial charge < -0.3 is 0 Å². The van der Waals surface area contributed by atoms with E-state index >= 15 is 0 Å². The quantitative estimate of drug-likeness (QED) is 0.630. The molecule has 0 amide bonds. The van der Waals surface area contributed by atoms with Crippen molar-refractivity contribution >= 4 is 5.78 Å². The van der Waals surface area contributed by atoms with E-state index in [-0.39, 0.29) is 5.69 Å². The summed E-state index contributed by atoms with van der Waals surface area (Å²) in [6.45, 7) is 1.32. The number of ketones is 1. The molecule has 0 aliphatic heterocycles. The van der Waals surface area contributed by atoms with Crippen LogP contribution in [0, 0.1) is 6.92 Å². The number of carbonyl (C=O) groups is 1. The van der Waals surface area contributed by atoms with Gasteiger partial charge in [-0.3, -0.25) is 4.79 Å². The van der Waals surface area contributed by atoms with E-state index in [4.69, 9.17) is 0 Å². The van der Waals surface area contributed by atoms with Crippen molar-refractivity contribution < 1.29 is 18.0 Å². The van der Waals surface area contributed by atoms with Crippen molar-refractivity contribution in [2.24, 2.45) is 0 Å². The molecule has 0 unspecified atom stereocenters. The van der Waals surface area contributed by atoms with Crippen molar-refractivity contribution in [3.63, 3.8) is 0 Å². The fourth-order valence-corrected chi connectivity index (χ4v) is 0.766. The first-order valence-electron chi connectivity index (χ1n) is 3.31. The molecule has 70 valence electrons. The topological polar surface area (TPSA) is 42.9 Å². The van der Waals surface area contributed by atoms with Gasteiger partial charge in [0, 0.05) is 6.20 Å². The molecule has 6 heteroatoms. The molecule has 0 saturated heterocycles. The number of alkyl halides is 3. The van der Waals surface area contributed by atoms with E-state index in [0.29, 0.717) is 0 Å². The van der Waals surface area contributed by atoms with Crippen LogP contribution in [0.25, 0.3) is 0 Å². The third-order valence-electron chi connectivity index (χ3n) is 1.41. The maximum Gasteiger partial charge on any atom is 0.454 e. The van der Waals surface area contributed by atoms with Gasteiger partial charge in [-0.25, -0.2) is 9.97 Å². The highest BCUT2D eigenvalue weighted by Gasteiger charge is 2.40. The monoisotopic (exact) mass is 190 g/mol. The molecule has 1 rings (SSSR count). The number of hydrogen-bond donors (Lipinski definition) is 0. The summed E-state index contributed by atoms with van der Waals surface area (Å²) >= 11 is 0. The zero-order valence-electron chi connectivity index (χ0n) is 6.59. The fourth-order valence-electron chi connectivity index (χ4n) is 0.766. The van der Waals surface area contributed by atoms with Crippen LogP contribution in [0.5, 0.6) is 0 Å². The van der Waals surface area contributed by atoms with Gasteiger partial charge in [-0.1, -0.05) is 0 Å². The van der Waals surface area contributed by atoms with E-state index in [0.717, 1.165) is 12.5 Å². The number of rotatable bonds is 1. The van der Waals surface area contributed by atoms with Gasteiger partial charge in [0.1, 0.15) is 6.33 Å². The van der Waals surface area contributed by atoms with Crippen molar-refractivity contribution in [1.29, 1.82) is 0 Å². The molecule has 0 bridgehead atoms. The van der Waals surface area contributed by atoms with Crippen LogP contribution >= 0.6 is 0 Å². The van der Waals surface area contributed by atoms with Crippen LogP contribution in [0.15, 0.2) is 12.5 Å². The summed E-state index contributed by atoms with van der Waals surface area (Å²) in [5, 5.41) is 0. The Hall–Kier alpha value is -1.46. The van der Waals surface area contributed by atoms with Crippen molar-refractivity contribution in [3.05, 3.63) is 23.8 Å². The lowest BCUT2D eigenvalue weighted by molar-refractivity contribution is -0.0886. The number of hydrogen-bond acceptors (Lipinski definition) is 3. The molecule has 0 fully saturated rings. The van der Waals surface area contributed by atoms with Crippen molar-refractivity contribution in [2.75, 3.05) is 0 Å². The number of Topliss-reactive ketones (excluding diaryl/α,β-unsaturated/α-hetero) is 1. The first-order chi connectivity index (χ1) is 5.93. The molecule has 0 atom stereocenters. The minimum atomic E-state index is -4.87. The van der Waals surface area contributed by atoms with Crippen LogP contribution in [0.2, 0.25) is 0 Å². The van der Waals surface area contributed by atoms with Gasteiger partial charge >= 0.3 is 6.18 Å². The van der Waals surface area contributed by atoms with Crippen LogP contribution in [-0.2, 0) is 0 Å². The zero-order valence-corrected chi connectivity index (χ0v) is 6.59. The Morgan fingerprint density at radius 2 is 2.08 bits per heavy atom. The lowest BCUT2D eigenvalue weighted by Crippen LogP contribution is -2.24. The first kappa shape index (κ1) is 9.63. The van der Waals surface area contributed by atoms with Crippen LogP contribution < -0.4 is 0 Å². The Balaban J connectivity index is 3.10. The average molecular weight is 190 g/mol. The normalized spacial score (nSPS) is 11.4. The fraction of sp³-hybridized carbons (Fsp3) is 0.286. The van der Waals surface area contributed by atoms with E-state index in [1.54, 1.807) is 0 Å². The zero-order chi connectivity index (χ0) is 10.1. The molecule has 1 aromatic rings. The molecular formula is C7H5F3N2O. The molecule has 3 nitrogen and oxygen atoms in total. The van der Waals surface area contributed by atoms with Crippen LogP contribution in [0.3, 0.4) is 0 Å². The highest BCUT2D eigenvalue weighted by atomic mass is 19.4. The van der Waals surface area contributed by atoms with Gasteiger partial charge in [0.15, 0.2) is 0 Å². The van der Waals surface area contributed by atoms with Gasteiger partial charge in [-0.05, 0) is 6.92 Å². The molecule has 0 radical (unpaired) electrons. The number of aryl methyl sites for hydroxylation is 1. The van der Waals surface area contributed by atoms with Gasteiger partial charge in [0.25, 0.3) is 5.78 Å². The standard InChI is InChI=1S/C7H5F3N2O/c1-4-5(2-11-3-12-4)6(13)7(8,9)10/h2-3H,1H3. The van der Waals surface area contributed by atoms with Crippen LogP contribution in [-0.4, -0.2) is 21.9 Å². The van der Waals surface area contributed by atoms with E-state index in [9.17, 15) is 18.0 Å². The summed E-state index contributed by atoms with van der Waals surface area (Å²) < 4.78 is 35.7. The van der Waals surface area contributed by atoms with Gasteiger partial charge in [0.2, 0.25) is 0 Å². The Morgan fingerprint density at radius 1 is 1.46 bits per heavy atom. The number of aromatic nitrogens is 2. The van der Waals surface area contributed by atoms with Crippen molar-refractivity contribution in [1.82, 2.24) is 9.97 Å². The minimum Gasteiger partial charge on any atom is -0.284 e.